The van der Waals surface area contributed by atoms with E-state index in [2.05, 4.69) is 10.1 Å². The highest BCUT2D eigenvalue weighted by atomic mass is 16.5. The second-order valence-corrected chi connectivity index (χ2v) is 7.26. The second kappa shape index (κ2) is 9.25. The average molecular weight is 387 g/mol. The first-order valence-electron chi connectivity index (χ1n) is 9.68. The molecule has 1 fully saturated rings. The minimum absolute atomic E-state index is 0.0166. The highest BCUT2D eigenvalue weighted by Gasteiger charge is 2.29. The molecule has 1 unspecified atom stereocenters. The van der Waals surface area contributed by atoms with Gasteiger partial charge in [-0.2, -0.15) is 5.10 Å². The quantitative estimate of drug-likeness (QED) is 0.676. The van der Waals surface area contributed by atoms with Crippen LogP contribution in [-0.4, -0.2) is 64.0 Å². The van der Waals surface area contributed by atoms with Gasteiger partial charge in [0, 0.05) is 50.6 Å². The summed E-state index contributed by atoms with van der Waals surface area (Å²) in [4.78, 5) is 23.8. The summed E-state index contributed by atoms with van der Waals surface area (Å²) in [5, 5.41) is 4.34. The highest BCUT2D eigenvalue weighted by Crippen LogP contribution is 2.29. The highest BCUT2D eigenvalue weighted by molar-refractivity contribution is 5.92. The van der Waals surface area contributed by atoms with Crippen LogP contribution in [0.4, 0.5) is 0 Å². The Morgan fingerprint density at radius 3 is 2.86 bits per heavy atom. The molecular formula is C20H29N5O3. The molecule has 1 aliphatic heterocycles. The van der Waals surface area contributed by atoms with Gasteiger partial charge in [-0.05, 0) is 32.8 Å². The maximum Gasteiger partial charge on any atom is 0.274 e. The predicted octanol–water partition coefficient (Wildman–Crippen LogP) is 2.01. The molecule has 0 aliphatic carbocycles. The van der Waals surface area contributed by atoms with Gasteiger partial charge in [0.05, 0.1) is 25.5 Å². The molecule has 0 N–H and O–H groups in total. The average Bonchev–Trinajstić information content (AvgIpc) is 3.04. The first kappa shape index (κ1) is 20.4. The summed E-state index contributed by atoms with van der Waals surface area (Å²) in [6.07, 6.45) is 3.77. The van der Waals surface area contributed by atoms with Gasteiger partial charge in [0.1, 0.15) is 5.82 Å². The fourth-order valence-corrected chi connectivity index (χ4v) is 3.51. The Morgan fingerprint density at radius 1 is 1.32 bits per heavy atom. The smallest absolute Gasteiger partial charge is 0.274 e. The maximum absolute atomic E-state index is 12.9. The first-order valence-corrected chi connectivity index (χ1v) is 9.68. The van der Waals surface area contributed by atoms with Gasteiger partial charge in [-0.1, -0.05) is 0 Å². The van der Waals surface area contributed by atoms with E-state index in [4.69, 9.17) is 14.5 Å². The van der Waals surface area contributed by atoms with Crippen molar-refractivity contribution in [1.29, 1.82) is 0 Å². The van der Waals surface area contributed by atoms with Crippen molar-refractivity contribution in [3.05, 3.63) is 40.7 Å². The number of ether oxygens (including phenoxy) is 2. The van der Waals surface area contributed by atoms with Crippen LogP contribution >= 0.6 is 0 Å². The summed E-state index contributed by atoms with van der Waals surface area (Å²) < 4.78 is 12.5. The molecule has 1 saturated heterocycles. The first-order chi connectivity index (χ1) is 13.5. The number of amides is 1. The van der Waals surface area contributed by atoms with Crippen LogP contribution in [0.2, 0.25) is 0 Å². The van der Waals surface area contributed by atoms with E-state index in [1.807, 2.05) is 38.1 Å². The van der Waals surface area contributed by atoms with Crippen molar-refractivity contribution in [2.45, 2.75) is 39.2 Å². The molecule has 0 radical (unpaired) electrons. The van der Waals surface area contributed by atoms with Crippen molar-refractivity contribution in [2.75, 3.05) is 33.4 Å². The zero-order valence-corrected chi connectivity index (χ0v) is 17.1. The molecule has 0 spiro atoms. The molecule has 8 nitrogen and oxygen atoms in total. The van der Waals surface area contributed by atoms with E-state index in [9.17, 15) is 4.79 Å². The number of hydrogen-bond donors (Lipinski definition) is 0. The topological polar surface area (TPSA) is 82.4 Å². The summed E-state index contributed by atoms with van der Waals surface area (Å²) in [7, 11) is 3.51. The van der Waals surface area contributed by atoms with Gasteiger partial charge in [0.2, 0.25) is 0 Å². The lowest BCUT2D eigenvalue weighted by Crippen LogP contribution is -2.39. The molecule has 1 atom stereocenters. The Morgan fingerprint density at radius 2 is 2.14 bits per heavy atom. The Hall–Kier alpha value is -2.32. The Labute approximate surface area is 165 Å². The molecular weight excluding hydrogens is 358 g/mol. The van der Waals surface area contributed by atoms with E-state index in [-0.39, 0.29) is 11.8 Å². The molecule has 2 aromatic rings. The third-order valence-electron chi connectivity index (χ3n) is 5.14. The van der Waals surface area contributed by atoms with Gasteiger partial charge in [-0.3, -0.25) is 9.48 Å². The van der Waals surface area contributed by atoms with Gasteiger partial charge < -0.3 is 14.4 Å². The SMILES string of the molecule is COCCOCc1cnc(C)nc1C1CCCN(C(=O)c2cc(C)n(C)n2)C1. The summed E-state index contributed by atoms with van der Waals surface area (Å²) in [6, 6.07) is 1.84. The third kappa shape index (κ3) is 4.74. The lowest BCUT2D eigenvalue weighted by atomic mass is 9.92. The zero-order chi connectivity index (χ0) is 20.1. The van der Waals surface area contributed by atoms with Crippen molar-refractivity contribution in [3.63, 3.8) is 0 Å². The van der Waals surface area contributed by atoms with Crippen LogP contribution in [0.25, 0.3) is 0 Å². The molecule has 1 amide bonds. The number of aromatic nitrogens is 4. The normalized spacial score (nSPS) is 17.1. The summed E-state index contributed by atoms with van der Waals surface area (Å²) in [5.41, 5.74) is 3.44. The van der Waals surface area contributed by atoms with Crippen LogP contribution in [0.1, 0.15) is 52.0 Å². The molecule has 0 aromatic carbocycles. The van der Waals surface area contributed by atoms with Gasteiger partial charge in [0.25, 0.3) is 5.91 Å². The fourth-order valence-electron chi connectivity index (χ4n) is 3.51. The lowest BCUT2D eigenvalue weighted by molar-refractivity contribution is 0.0602. The van der Waals surface area contributed by atoms with E-state index in [0.29, 0.717) is 32.1 Å². The van der Waals surface area contributed by atoms with Gasteiger partial charge in [0.15, 0.2) is 5.69 Å². The minimum atomic E-state index is -0.0166. The number of hydrogen-bond acceptors (Lipinski definition) is 6. The number of carbonyl (C=O) groups excluding carboxylic acids is 1. The molecule has 0 saturated carbocycles. The molecule has 3 rings (SSSR count). The zero-order valence-electron chi connectivity index (χ0n) is 17.1. The van der Waals surface area contributed by atoms with Crippen LogP contribution in [-0.2, 0) is 23.1 Å². The van der Waals surface area contributed by atoms with Crippen molar-refractivity contribution >= 4 is 5.91 Å². The number of methoxy groups -OCH3 is 1. The maximum atomic E-state index is 12.9. The molecule has 8 heteroatoms. The third-order valence-corrected chi connectivity index (χ3v) is 5.14. The van der Waals surface area contributed by atoms with E-state index >= 15 is 0 Å². The molecule has 2 aromatic heterocycles. The summed E-state index contributed by atoms with van der Waals surface area (Å²) >= 11 is 0. The summed E-state index contributed by atoms with van der Waals surface area (Å²) in [5.74, 6) is 0.891. The number of nitrogens with zero attached hydrogens (tertiary/aromatic N) is 5. The minimum Gasteiger partial charge on any atom is -0.382 e. The van der Waals surface area contributed by atoms with Gasteiger partial charge in [-0.15, -0.1) is 0 Å². The van der Waals surface area contributed by atoms with Crippen molar-refractivity contribution in [1.82, 2.24) is 24.6 Å². The fraction of sp³-hybridized carbons (Fsp3) is 0.600. The Bertz CT molecular complexity index is 801. The van der Waals surface area contributed by atoms with Crippen molar-refractivity contribution in [3.8, 4) is 0 Å². The van der Waals surface area contributed by atoms with E-state index in [1.165, 1.54) is 0 Å². The standard InChI is InChI=1S/C20H29N5O3/c1-14-10-18(23-24(14)3)20(26)25-7-5-6-16(12-25)19-17(11-21-15(2)22-19)13-28-9-8-27-4/h10-11,16H,5-9,12-13H2,1-4H3. The van der Waals surface area contributed by atoms with Crippen LogP contribution in [0.15, 0.2) is 12.3 Å². The van der Waals surface area contributed by atoms with Crippen molar-refractivity contribution < 1.29 is 14.3 Å². The molecule has 1 aliphatic rings. The van der Waals surface area contributed by atoms with E-state index in [0.717, 1.165) is 42.2 Å². The van der Waals surface area contributed by atoms with Crippen LogP contribution in [0.5, 0.6) is 0 Å². The Kier molecular flexibility index (Phi) is 6.74. The van der Waals surface area contributed by atoms with E-state index < -0.39 is 0 Å². The van der Waals surface area contributed by atoms with Gasteiger partial charge in [-0.25, -0.2) is 9.97 Å². The lowest BCUT2D eigenvalue weighted by Gasteiger charge is -2.33. The number of piperidine rings is 1. The summed E-state index contributed by atoms with van der Waals surface area (Å²) in [6.45, 7) is 6.74. The molecule has 28 heavy (non-hydrogen) atoms. The van der Waals surface area contributed by atoms with Crippen LogP contribution < -0.4 is 0 Å². The monoisotopic (exact) mass is 387 g/mol. The molecule has 0 bridgehead atoms. The molecule has 3 heterocycles. The van der Waals surface area contributed by atoms with Crippen LogP contribution in [0, 0.1) is 13.8 Å². The number of rotatable bonds is 7. The second-order valence-electron chi connectivity index (χ2n) is 7.26. The molecule has 152 valence electrons. The largest absolute Gasteiger partial charge is 0.382 e. The van der Waals surface area contributed by atoms with Crippen molar-refractivity contribution in [2.24, 2.45) is 7.05 Å². The van der Waals surface area contributed by atoms with Gasteiger partial charge >= 0.3 is 0 Å². The predicted molar refractivity (Wildman–Crippen MR) is 104 cm³/mol. The number of aryl methyl sites for hydroxylation is 3. The number of likely N-dealkylation sites (tertiary alicyclic amines) is 1. The van der Waals surface area contributed by atoms with Crippen LogP contribution in [0.3, 0.4) is 0 Å². The van der Waals surface area contributed by atoms with E-state index in [1.54, 1.807) is 11.8 Å². The Balaban J connectivity index is 1.74. The number of carbonyl (C=O) groups is 1.